The van der Waals surface area contributed by atoms with Gasteiger partial charge in [0.1, 0.15) is 5.75 Å². The molecule has 2 aromatic rings. The molecule has 20 heavy (non-hydrogen) atoms. The zero-order chi connectivity index (χ0) is 13.9. The Kier molecular flexibility index (Phi) is 3.12. The number of fused-ring (bicyclic) bond motifs is 1. The van der Waals surface area contributed by atoms with E-state index in [2.05, 4.69) is 10.3 Å². The molecule has 1 aliphatic rings. The van der Waals surface area contributed by atoms with Crippen molar-refractivity contribution in [2.75, 3.05) is 6.79 Å². The molecule has 0 aliphatic carbocycles. The van der Waals surface area contributed by atoms with Crippen LogP contribution in [0.5, 0.6) is 17.2 Å². The van der Waals surface area contributed by atoms with E-state index in [-0.39, 0.29) is 24.0 Å². The normalized spacial score (nSPS) is 12.2. The summed E-state index contributed by atoms with van der Waals surface area (Å²) in [5, 5.41) is 12.3. The van der Waals surface area contributed by atoms with E-state index in [1.165, 1.54) is 18.5 Å². The van der Waals surface area contributed by atoms with Gasteiger partial charge in [0.15, 0.2) is 11.5 Å². The van der Waals surface area contributed by atoms with Gasteiger partial charge in [-0.2, -0.15) is 0 Å². The SMILES string of the molecule is O=C(NCc1ccc2c(c1)OCO2)c1ccncc1O. The molecule has 0 bridgehead atoms. The molecule has 0 radical (unpaired) electrons. The Balaban J connectivity index is 1.68. The van der Waals surface area contributed by atoms with Crippen LogP contribution in [0.15, 0.2) is 36.7 Å². The monoisotopic (exact) mass is 272 g/mol. The van der Waals surface area contributed by atoms with Crippen molar-refractivity contribution in [3.05, 3.63) is 47.8 Å². The predicted molar refractivity (Wildman–Crippen MR) is 69.6 cm³/mol. The van der Waals surface area contributed by atoms with Crippen LogP contribution in [0.4, 0.5) is 0 Å². The molecule has 2 N–H and O–H groups in total. The third-order valence-corrected chi connectivity index (χ3v) is 2.93. The number of benzene rings is 1. The molecule has 0 fully saturated rings. The summed E-state index contributed by atoms with van der Waals surface area (Å²) in [6, 6.07) is 6.92. The van der Waals surface area contributed by atoms with Gasteiger partial charge in [-0.05, 0) is 23.8 Å². The number of pyridine rings is 1. The van der Waals surface area contributed by atoms with E-state index >= 15 is 0 Å². The van der Waals surface area contributed by atoms with Crippen molar-refractivity contribution in [1.82, 2.24) is 10.3 Å². The molecule has 3 rings (SSSR count). The highest BCUT2D eigenvalue weighted by atomic mass is 16.7. The lowest BCUT2D eigenvalue weighted by molar-refractivity contribution is 0.0948. The van der Waals surface area contributed by atoms with Gasteiger partial charge in [0.05, 0.1) is 11.8 Å². The molecular formula is C14H12N2O4. The lowest BCUT2D eigenvalue weighted by Gasteiger charge is -2.07. The summed E-state index contributed by atoms with van der Waals surface area (Å²) < 4.78 is 10.5. The molecule has 0 spiro atoms. The van der Waals surface area contributed by atoms with Crippen molar-refractivity contribution >= 4 is 5.91 Å². The van der Waals surface area contributed by atoms with E-state index in [0.717, 1.165) is 5.56 Å². The van der Waals surface area contributed by atoms with Gasteiger partial charge in [0.2, 0.25) is 6.79 Å². The van der Waals surface area contributed by atoms with E-state index in [1.54, 1.807) is 6.07 Å². The second-order valence-corrected chi connectivity index (χ2v) is 4.26. The second-order valence-electron chi connectivity index (χ2n) is 4.26. The van der Waals surface area contributed by atoms with E-state index < -0.39 is 0 Å². The Morgan fingerprint density at radius 1 is 1.30 bits per heavy atom. The second kappa shape index (κ2) is 5.08. The van der Waals surface area contributed by atoms with Gasteiger partial charge in [-0.25, -0.2) is 0 Å². The Labute approximate surface area is 115 Å². The van der Waals surface area contributed by atoms with Crippen molar-refractivity contribution < 1.29 is 19.4 Å². The predicted octanol–water partition coefficient (Wildman–Crippen LogP) is 1.45. The first-order chi connectivity index (χ1) is 9.74. The van der Waals surface area contributed by atoms with Gasteiger partial charge in [0.25, 0.3) is 5.91 Å². The number of carbonyl (C=O) groups is 1. The lowest BCUT2D eigenvalue weighted by Crippen LogP contribution is -2.22. The van der Waals surface area contributed by atoms with Crippen molar-refractivity contribution in [2.45, 2.75) is 6.54 Å². The number of hydrogen-bond donors (Lipinski definition) is 2. The van der Waals surface area contributed by atoms with Gasteiger partial charge < -0.3 is 19.9 Å². The van der Waals surface area contributed by atoms with E-state index in [1.807, 2.05) is 12.1 Å². The number of nitrogens with zero attached hydrogens (tertiary/aromatic N) is 1. The first kappa shape index (κ1) is 12.3. The lowest BCUT2D eigenvalue weighted by atomic mass is 10.2. The van der Waals surface area contributed by atoms with E-state index in [9.17, 15) is 9.90 Å². The fourth-order valence-electron chi connectivity index (χ4n) is 1.91. The number of hydrogen-bond acceptors (Lipinski definition) is 5. The summed E-state index contributed by atoms with van der Waals surface area (Å²) in [7, 11) is 0. The molecule has 0 unspecified atom stereocenters. The summed E-state index contributed by atoms with van der Waals surface area (Å²) in [6.45, 7) is 0.549. The molecule has 1 aromatic heterocycles. The molecule has 1 aliphatic heterocycles. The molecule has 2 heterocycles. The minimum Gasteiger partial charge on any atom is -0.505 e. The Morgan fingerprint density at radius 3 is 3.00 bits per heavy atom. The Morgan fingerprint density at radius 2 is 2.15 bits per heavy atom. The Bertz CT molecular complexity index is 657. The maximum Gasteiger partial charge on any atom is 0.255 e. The number of amides is 1. The van der Waals surface area contributed by atoms with E-state index in [4.69, 9.17) is 9.47 Å². The first-order valence-corrected chi connectivity index (χ1v) is 6.04. The van der Waals surface area contributed by atoms with Crippen LogP contribution in [-0.4, -0.2) is 22.8 Å². The molecule has 0 atom stereocenters. The van der Waals surface area contributed by atoms with Crippen molar-refractivity contribution in [1.29, 1.82) is 0 Å². The summed E-state index contributed by atoms with van der Waals surface area (Å²) in [4.78, 5) is 15.6. The van der Waals surface area contributed by atoms with Crippen molar-refractivity contribution in [3.63, 3.8) is 0 Å². The maximum absolute atomic E-state index is 11.9. The molecule has 102 valence electrons. The van der Waals surface area contributed by atoms with Crippen LogP contribution in [0.3, 0.4) is 0 Å². The largest absolute Gasteiger partial charge is 0.505 e. The summed E-state index contributed by atoms with van der Waals surface area (Å²) >= 11 is 0. The van der Waals surface area contributed by atoms with Gasteiger partial charge in [0, 0.05) is 12.7 Å². The Hall–Kier alpha value is -2.76. The van der Waals surface area contributed by atoms with Crippen LogP contribution >= 0.6 is 0 Å². The number of aromatic hydroxyl groups is 1. The molecule has 0 saturated carbocycles. The summed E-state index contributed by atoms with van der Waals surface area (Å²) in [5.74, 6) is 0.869. The number of aromatic nitrogens is 1. The zero-order valence-electron chi connectivity index (χ0n) is 10.5. The first-order valence-electron chi connectivity index (χ1n) is 6.04. The third-order valence-electron chi connectivity index (χ3n) is 2.93. The molecule has 1 amide bonds. The highest BCUT2D eigenvalue weighted by Crippen LogP contribution is 2.32. The number of carbonyl (C=O) groups excluding carboxylic acids is 1. The molecule has 0 saturated heterocycles. The van der Waals surface area contributed by atoms with Gasteiger partial charge in [-0.15, -0.1) is 0 Å². The molecule has 6 nitrogen and oxygen atoms in total. The minimum atomic E-state index is -0.359. The van der Waals surface area contributed by atoms with E-state index in [0.29, 0.717) is 18.0 Å². The topological polar surface area (TPSA) is 80.7 Å². The van der Waals surface area contributed by atoms with Gasteiger partial charge >= 0.3 is 0 Å². The highest BCUT2D eigenvalue weighted by Gasteiger charge is 2.14. The van der Waals surface area contributed by atoms with Crippen molar-refractivity contribution in [2.24, 2.45) is 0 Å². The van der Waals surface area contributed by atoms with Crippen LogP contribution in [0.2, 0.25) is 0 Å². The van der Waals surface area contributed by atoms with Gasteiger partial charge in [-0.1, -0.05) is 6.07 Å². The van der Waals surface area contributed by atoms with Crippen LogP contribution < -0.4 is 14.8 Å². The van der Waals surface area contributed by atoms with Crippen LogP contribution in [0.1, 0.15) is 15.9 Å². The molecule has 6 heteroatoms. The maximum atomic E-state index is 11.9. The highest BCUT2D eigenvalue weighted by molar-refractivity contribution is 5.96. The zero-order valence-corrected chi connectivity index (χ0v) is 10.5. The summed E-state index contributed by atoms with van der Waals surface area (Å²) in [5.41, 5.74) is 1.08. The molecule has 1 aromatic carbocycles. The molecular weight excluding hydrogens is 260 g/mol. The number of ether oxygens (including phenoxy) is 2. The summed E-state index contributed by atoms with van der Waals surface area (Å²) in [6.07, 6.45) is 2.69. The smallest absolute Gasteiger partial charge is 0.255 e. The fraction of sp³-hybridized carbons (Fsp3) is 0.143. The average molecular weight is 272 g/mol. The van der Waals surface area contributed by atoms with Gasteiger partial charge in [-0.3, -0.25) is 9.78 Å². The fourth-order valence-corrected chi connectivity index (χ4v) is 1.91. The standard InChI is InChI=1S/C14H12N2O4/c17-11-7-15-4-3-10(11)14(18)16-6-9-1-2-12-13(5-9)20-8-19-12/h1-5,7,17H,6,8H2,(H,16,18). The number of rotatable bonds is 3. The van der Waals surface area contributed by atoms with Crippen molar-refractivity contribution in [3.8, 4) is 17.2 Å². The van der Waals surface area contributed by atoms with Crippen LogP contribution in [0.25, 0.3) is 0 Å². The average Bonchev–Trinajstić information content (AvgIpc) is 2.92. The quantitative estimate of drug-likeness (QED) is 0.883. The van der Waals surface area contributed by atoms with Crippen LogP contribution in [0, 0.1) is 0 Å². The number of nitrogens with one attached hydrogen (secondary N) is 1. The minimum absolute atomic E-state index is 0.143. The third kappa shape index (κ3) is 2.35. The van der Waals surface area contributed by atoms with Crippen LogP contribution in [-0.2, 0) is 6.54 Å².